The first-order chi connectivity index (χ1) is 6.38. The van der Waals surface area contributed by atoms with Crippen LogP contribution in [-0.4, -0.2) is 31.2 Å². The lowest BCUT2D eigenvalue weighted by atomic mass is 10.0. The van der Waals surface area contributed by atoms with Gasteiger partial charge in [0.1, 0.15) is 0 Å². The molecule has 1 heterocycles. The Labute approximate surface area is 80.0 Å². The van der Waals surface area contributed by atoms with Crippen molar-refractivity contribution < 1.29 is 18.0 Å². The molecule has 1 unspecified atom stereocenters. The summed E-state index contributed by atoms with van der Waals surface area (Å²) in [5.74, 6) is -0.453. The topological polar surface area (TPSA) is 41.1 Å². The number of halogens is 3. The molecule has 1 amide bonds. The molecule has 14 heavy (non-hydrogen) atoms. The average Bonchev–Trinajstić information content (AvgIpc) is 1.75. The Morgan fingerprint density at radius 1 is 1.57 bits per heavy atom. The van der Waals surface area contributed by atoms with Gasteiger partial charge in [0.25, 0.3) is 0 Å². The summed E-state index contributed by atoms with van der Waals surface area (Å²) in [5, 5.41) is 5.22. The first-order valence-corrected chi connectivity index (χ1v) is 4.46. The molecule has 3 nitrogen and oxygen atoms in total. The molecule has 0 saturated carbocycles. The molecular formula is C8H13F3N2O. The van der Waals surface area contributed by atoms with Crippen LogP contribution in [0.15, 0.2) is 0 Å². The number of hydrogen-bond donors (Lipinski definition) is 2. The van der Waals surface area contributed by atoms with Gasteiger partial charge in [-0.25, -0.2) is 0 Å². The van der Waals surface area contributed by atoms with Gasteiger partial charge in [-0.15, -0.1) is 0 Å². The first kappa shape index (κ1) is 11.3. The van der Waals surface area contributed by atoms with E-state index < -0.39 is 18.6 Å². The minimum Gasteiger partial charge on any atom is -0.353 e. The van der Waals surface area contributed by atoms with Crippen LogP contribution >= 0.6 is 0 Å². The van der Waals surface area contributed by atoms with Gasteiger partial charge in [0, 0.05) is 19.1 Å². The highest BCUT2D eigenvalue weighted by Crippen LogP contribution is 2.21. The van der Waals surface area contributed by atoms with Crippen LogP contribution in [0.1, 0.15) is 13.3 Å². The highest BCUT2D eigenvalue weighted by Gasteiger charge is 2.32. The molecule has 0 spiro atoms. The van der Waals surface area contributed by atoms with Gasteiger partial charge < -0.3 is 10.6 Å². The third-order valence-corrected chi connectivity index (χ3v) is 2.08. The van der Waals surface area contributed by atoms with Crippen LogP contribution in [0.3, 0.4) is 0 Å². The number of amides is 1. The molecule has 0 aliphatic carbocycles. The lowest BCUT2D eigenvalue weighted by molar-refractivity contribution is -0.142. The van der Waals surface area contributed by atoms with Gasteiger partial charge >= 0.3 is 6.18 Å². The summed E-state index contributed by atoms with van der Waals surface area (Å²) in [6.07, 6.45) is -5.19. The van der Waals surface area contributed by atoms with Crippen molar-refractivity contribution in [1.29, 1.82) is 0 Å². The van der Waals surface area contributed by atoms with Crippen molar-refractivity contribution in [2.75, 3.05) is 13.1 Å². The van der Waals surface area contributed by atoms with E-state index in [2.05, 4.69) is 10.6 Å². The zero-order valence-electron chi connectivity index (χ0n) is 7.82. The summed E-state index contributed by atoms with van der Waals surface area (Å²) >= 11 is 0. The second-order valence-electron chi connectivity index (χ2n) is 3.58. The number of carbonyl (C=O) groups is 1. The molecule has 0 radical (unpaired) electrons. The molecule has 1 rings (SSSR count). The summed E-state index contributed by atoms with van der Waals surface area (Å²) in [4.78, 5) is 11.2. The van der Waals surface area contributed by atoms with Gasteiger partial charge in [0.05, 0.1) is 12.3 Å². The molecule has 0 aromatic rings. The van der Waals surface area contributed by atoms with Gasteiger partial charge in [-0.2, -0.15) is 13.2 Å². The van der Waals surface area contributed by atoms with Crippen molar-refractivity contribution in [2.45, 2.75) is 25.6 Å². The second-order valence-corrected chi connectivity index (χ2v) is 3.58. The number of hydrogen-bond acceptors (Lipinski definition) is 2. The van der Waals surface area contributed by atoms with Crippen LogP contribution in [0.4, 0.5) is 13.2 Å². The Kier molecular flexibility index (Phi) is 3.36. The number of alkyl halides is 3. The Morgan fingerprint density at radius 3 is 2.50 bits per heavy atom. The molecule has 6 heteroatoms. The van der Waals surface area contributed by atoms with Gasteiger partial charge in [0.15, 0.2) is 0 Å². The maximum atomic E-state index is 11.9. The molecular weight excluding hydrogens is 197 g/mol. The molecule has 1 aliphatic rings. The van der Waals surface area contributed by atoms with Crippen LogP contribution in [0.25, 0.3) is 0 Å². The number of rotatable bonds is 3. The summed E-state index contributed by atoms with van der Waals surface area (Å²) in [7, 11) is 0. The van der Waals surface area contributed by atoms with Gasteiger partial charge in [0.2, 0.25) is 5.91 Å². The summed E-state index contributed by atoms with van der Waals surface area (Å²) < 4.78 is 35.7. The fraction of sp³-hybridized carbons (Fsp3) is 0.875. The maximum Gasteiger partial charge on any atom is 0.391 e. The first-order valence-electron chi connectivity index (χ1n) is 4.46. The molecule has 1 saturated heterocycles. The zero-order valence-corrected chi connectivity index (χ0v) is 7.82. The third-order valence-electron chi connectivity index (χ3n) is 2.08. The predicted octanol–water partition coefficient (Wildman–Crippen LogP) is 0.663. The Balaban J connectivity index is 2.25. The number of carbonyl (C=O) groups excluding carboxylic acids is 1. The van der Waals surface area contributed by atoms with Crippen molar-refractivity contribution in [3.05, 3.63) is 0 Å². The Morgan fingerprint density at radius 2 is 2.14 bits per heavy atom. The third kappa shape index (κ3) is 3.53. The lowest BCUT2D eigenvalue weighted by Crippen LogP contribution is -2.52. The second kappa shape index (κ2) is 4.16. The van der Waals surface area contributed by atoms with Gasteiger partial charge in [-0.05, 0) is 6.92 Å². The SMILES string of the molecule is CC(CC(F)(F)F)NC(=O)C1CNC1. The van der Waals surface area contributed by atoms with E-state index in [0.29, 0.717) is 13.1 Å². The molecule has 82 valence electrons. The number of nitrogens with one attached hydrogen (secondary N) is 2. The fourth-order valence-electron chi connectivity index (χ4n) is 1.23. The van der Waals surface area contributed by atoms with E-state index in [9.17, 15) is 18.0 Å². The van der Waals surface area contributed by atoms with E-state index in [1.165, 1.54) is 6.92 Å². The minimum atomic E-state index is -4.22. The van der Waals surface area contributed by atoms with Crippen molar-refractivity contribution in [1.82, 2.24) is 10.6 Å². The predicted molar refractivity (Wildman–Crippen MR) is 44.6 cm³/mol. The molecule has 1 atom stereocenters. The normalized spacial score (nSPS) is 20.0. The van der Waals surface area contributed by atoms with E-state index in [1.807, 2.05) is 0 Å². The van der Waals surface area contributed by atoms with Crippen LogP contribution in [0.2, 0.25) is 0 Å². The van der Waals surface area contributed by atoms with Crippen molar-refractivity contribution in [2.24, 2.45) is 5.92 Å². The van der Waals surface area contributed by atoms with Gasteiger partial charge in [-0.3, -0.25) is 4.79 Å². The van der Waals surface area contributed by atoms with E-state index >= 15 is 0 Å². The highest BCUT2D eigenvalue weighted by atomic mass is 19.4. The van der Waals surface area contributed by atoms with E-state index in [0.717, 1.165) is 0 Å². The van der Waals surface area contributed by atoms with Crippen molar-refractivity contribution in [3.8, 4) is 0 Å². The van der Waals surface area contributed by atoms with Crippen LogP contribution in [0.5, 0.6) is 0 Å². The summed E-state index contributed by atoms with van der Waals surface area (Å²) in [5.41, 5.74) is 0. The standard InChI is InChI=1S/C8H13F3N2O/c1-5(2-8(9,10)11)13-7(14)6-3-12-4-6/h5-6,12H,2-4H2,1H3,(H,13,14). The minimum absolute atomic E-state index is 0.161. The lowest BCUT2D eigenvalue weighted by Gasteiger charge is -2.27. The highest BCUT2D eigenvalue weighted by molar-refractivity contribution is 5.80. The van der Waals surface area contributed by atoms with E-state index in [1.54, 1.807) is 0 Å². The van der Waals surface area contributed by atoms with Crippen LogP contribution in [0, 0.1) is 5.92 Å². The van der Waals surface area contributed by atoms with Crippen LogP contribution in [-0.2, 0) is 4.79 Å². The molecule has 0 bridgehead atoms. The van der Waals surface area contributed by atoms with Crippen molar-refractivity contribution in [3.63, 3.8) is 0 Å². The quantitative estimate of drug-likeness (QED) is 0.718. The monoisotopic (exact) mass is 210 g/mol. The maximum absolute atomic E-state index is 11.9. The zero-order chi connectivity index (χ0) is 10.8. The van der Waals surface area contributed by atoms with Crippen molar-refractivity contribution >= 4 is 5.91 Å². The molecule has 0 aromatic heterocycles. The summed E-state index contributed by atoms with van der Waals surface area (Å²) in [6.45, 7) is 2.48. The Bertz CT molecular complexity index is 213. The summed E-state index contributed by atoms with van der Waals surface area (Å²) in [6, 6.07) is -0.844. The molecule has 0 aromatic carbocycles. The molecule has 1 aliphatic heterocycles. The smallest absolute Gasteiger partial charge is 0.353 e. The molecule has 1 fully saturated rings. The average molecular weight is 210 g/mol. The van der Waals surface area contributed by atoms with Crippen LogP contribution < -0.4 is 10.6 Å². The van der Waals surface area contributed by atoms with E-state index in [4.69, 9.17) is 0 Å². The largest absolute Gasteiger partial charge is 0.391 e. The fourth-order valence-corrected chi connectivity index (χ4v) is 1.23. The Hall–Kier alpha value is -0.780. The molecule has 2 N–H and O–H groups in total. The van der Waals surface area contributed by atoms with Gasteiger partial charge in [-0.1, -0.05) is 0 Å². The van der Waals surface area contributed by atoms with E-state index in [-0.39, 0.29) is 11.8 Å².